The van der Waals surface area contributed by atoms with E-state index in [0.29, 0.717) is 30.5 Å². The van der Waals surface area contributed by atoms with Crippen LogP contribution in [0.2, 0.25) is 0 Å². The van der Waals surface area contributed by atoms with Crippen molar-refractivity contribution in [2.24, 2.45) is 34.6 Å². The second-order valence-corrected chi connectivity index (χ2v) is 12.0. The van der Waals surface area contributed by atoms with Gasteiger partial charge in [0.2, 0.25) is 5.91 Å². The van der Waals surface area contributed by atoms with Gasteiger partial charge in [-0.05, 0) is 66.9 Å². The largest absolute Gasteiger partial charge is 0.441 e. The first-order valence-corrected chi connectivity index (χ1v) is 14.7. The maximum atomic E-state index is 13.9. The number of amides is 2. The van der Waals surface area contributed by atoms with E-state index in [1.54, 1.807) is 0 Å². The second kappa shape index (κ2) is 12.1. The molecule has 0 radical (unpaired) electrons. The van der Waals surface area contributed by atoms with Crippen molar-refractivity contribution in [3.63, 3.8) is 0 Å². The zero-order chi connectivity index (χ0) is 26.6. The molecule has 38 heavy (non-hydrogen) atoms. The Labute approximate surface area is 225 Å². The molecule has 1 aromatic carbocycles. The number of likely N-dealkylation sites (tertiary alicyclic amines) is 1. The van der Waals surface area contributed by atoms with Gasteiger partial charge in [0.05, 0.1) is 18.4 Å². The summed E-state index contributed by atoms with van der Waals surface area (Å²) in [6, 6.07) is 7.26. The van der Waals surface area contributed by atoms with Gasteiger partial charge in [-0.15, -0.1) is 0 Å². The molecule has 3 fully saturated rings. The lowest BCUT2D eigenvalue weighted by molar-refractivity contribution is -0.143. The molecule has 0 unspecified atom stereocenters. The SMILES string of the molecule is C[C@H](CF)C1CCC(C(=O)N2CC[C@@H](C3CCCCC3)[C@H]2C(=O)Cc2ccc(C3=NC(=O)OC3)cc2)CC1. The number of carbonyl (C=O) groups excluding carboxylic acids is 3. The van der Waals surface area contributed by atoms with Crippen LogP contribution in [0.4, 0.5) is 9.18 Å². The number of halogens is 1. The molecule has 4 aliphatic rings. The Bertz CT molecular complexity index is 1040. The van der Waals surface area contributed by atoms with E-state index in [0.717, 1.165) is 56.1 Å². The number of alkyl halides is 1. The van der Waals surface area contributed by atoms with Crippen molar-refractivity contribution in [3.05, 3.63) is 35.4 Å². The Kier molecular flexibility index (Phi) is 8.59. The Balaban J connectivity index is 1.29. The third kappa shape index (κ3) is 5.86. The average molecular weight is 525 g/mol. The third-order valence-corrected chi connectivity index (χ3v) is 9.71. The molecule has 206 valence electrons. The summed E-state index contributed by atoms with van der Waals surface area (Å²) in [7, 11) is 0. The van der Waals surface area contributed by atoms with Crippen molar-refractivity contribution in [1.29, 1.82) is 0 Å². The van der Waals surface area contributed by atoms with Crippen molar-refractivity contribution in [1.82, 2.24) is 4.90 Å². The van der Waals surface area contributed by atoms with Crippen molar-refractivity contribution in [3.8, 4) is 0 Å². The highest BCUT2D eigenvalue weighted by Gasteiger charge is 2.46. The first-order valence-electron chi connectivity index (χ1n) is 14.7. The molecule has 2 heterocycles. The summed E-state index contributed by atoms with van der Waals surface area (Å²) >= 11 is 0. The summed E-state index contributed by atoms with van der Waals surface area (Å²) in [5.41, 5.74) is 2.34. The second-order valence-electron chi connectivity index (χ2n) is 12.0. The van der Waals surface area contributed by atoms with Crippen molar-refractivity contribution in [2.75, 3.05) is 19.8 Å². The maximum Gasteiger partial charge on any atom is 0.434 e. The molecule has 2 amide bonds. The van der Waals surface area contributed by atoms with Gasteiger partial charge < -0.3 is 9.64 Å². The fourth-order valence-corrected chi connectivity index (χ4v) is 7.40. The normalized spacial score (nSPS) is 29.2. The van der Waals surface area contributed by atoms with E-state index in [4.69, 9.17) is 4.74 Å². The summed E-state index contributed by atoms with van der Waals surface area (Å²) in [4.78, 5) is 44.9. The Morgan fingerprint density at radius 1 is 1.03 bits per heavy atom. The number of benzene rings is 1. The minimum absolute atomic E-state index is 0.0464. The van der Waals surface area contributed by atoms with Gasteiger partial charge in [-0.3, -0.25) is 14.0 Å². The monoisotopic (exact) mass is 524 g/mol. The number of Topliss-reactive ketones (excluding diaryl/α,β-unsaturated/α-hetero) is 1. The molecule has 0 bridgehead atoms. The van der Waals surface area contributed by atoms with Crippen LogP contribution in [0.1, 0.15) is 82.3 Å². The Hall–Kier alpha value is -2.57. The molecule has 3 atom stereocenters. The summed E-state index contributed by atoms with van der Waals surface area (Å²) in [5.74, 6) is 1.40. The van der Waals surface area contributed by atoms with Crippen LogP contribution in [0.25, 0.3) is 0 Å². The maximum absolute atomic E-state index is 13.9. The van der Waals surface area contributed by atoms with Crippen LogP contribution >= 0.6 is 0 Å². The fourth-order valence-electron chi connectivity index (χ4n) is 7.40. The Morgan fingerprint density at radius 2 is 1.74 bits per heavy atom. The van der Waals surface area contributed by atoms with Gasteiger partial charge in [0.1, 0.15) is 6.61 Å². The van der Waals surface area contributed by atoms with Crippen LogP contribution < -0.4 is 0 Å². The van der Waals surface area contributed by atoms with Crippen LogP contribution in [0, 0.1) is 29.6 Å². The predicted octanol–water partition coefficient (Wildman–Crippen LogP) is 5.95. The van der Waals surface area contributed by atoms with Gasteiger partial charge in [-0.25, -0.2) is 4.79 Å². The molecule has 6 nitrogen and oxygen atoms in total. The highest BCUT2D eigenvalue weighted by atomic mass is 19.1. The van der Waals surface area contributed by atoms with Crippen molar-refractivity contribution < 1.29 is 23.5 Å². The lowest BCUT2D eigenvalue weighted by atomic mass is 9.74. The molecule has 2 aliphatic carbocycles. The van der Waals surface area contributed by atoms with Crippen LogP contribution in [-0.2, 0) is 20.7 Å². The summed E-state index contributed by atoms with van der Waals surface area (Å²) in [6.45, 7) is 2.52. The highest BCUT2D eigenvalue weighted by molar-refractivity contribution is 6.09. The standard InChI is InChI=1S/C31H41FN2O4/c1-20(18-32)22-11-13-25(14-12-22)30(36)34-16-15-26(23-5-3-2-4-6-23)29(34)28(35)17-21-7-9-24(10-8-21)27-19-38-31(37)33-27/h7-10,20,22-23,25-26,29H,2-6,11-19H2,1H3/t20-,22?,25?,26+,29+/m1/s1. The molecule has 0 spiro atoms. The van der Waals surface area contributed by atoms with Crippen LogP contribution in [0.15, 0.2) is 29.3 Å². The first kappa shape index (κ1) is 27.0. The first-order chi connectivity index (χ1) is 18.4. The summed E-state index contributed by atoms with van der Waals surface area (Å²) in [6.07, 6.45) is 10.0. The van der Waals surface area contributed by atoms with E-state index in [2.05, 4.69) is 4.99 Å². The molecule has 1 aromatic rings. The van der Waals surface area contributed by atoms with E-state index in [1.807, 2.05) is 36.1 Å². The smallest absolute Gasteiger partial charge is 0.434 e. The number of hydrogen-bond acceptors (Lipinski definition) is 4. The third-order valence-electron chi connectivity index (χ3n) is 9.71. The quantitative estimate of drug-likeness (QED) is 0.421. The zero-order valence-corrected chi connectivity index (χ0v) is 22.6. The number of nitrogens with zero attached hydrogens (tertiary/aromatic N) is 2. The van der Waals surface area contributed by atoms with Crippen LogP contribution in [0.3, 0.4) is 0 Å². The number of aliphatic imine (C=N–C) groups is 1. The van der Waals surface area contributed by atoms with Gasteiger partial charge in [-0.2, -0.15) is 4.99 Å². The molecule has 0 N–H and O–H groups in total. The molecule has 2 aliphatic heterocycles. The molecule has 1 saturated heterocycles. The number of ketones is 1. The lowest BCUT2D eigenvalue weighted by Gasteiger charge is -2.37. The van der Waals surface area contributed by atoms with Crippen molar-refractivity contribution in [2.45, 2.75) is 83.6 Å². The number of ether oxygens (including phenoxy) is 1. The molecular weight excluding hydrogens is 483 g/mol. The topological polar surface area (TPSA) is 76.0 Å². The molecule has 5 rings (SSSR count). The molecule has 2 saturated carbocycles. The summed E-state index contributed by atoms with van der Waals surface area (Å²) in [5, 5.41) is 0. The lowest BCUT2D eigenvalue weighted by Crippen LogP contribution is -2.48. The van der Waals surface area contributed by atoms with Gasteiger partial charge in [0, 0.05) is 18.9 Å². The molecular formula is C31H41FN2O4. The van der Waals surface area contributed by atoms with E-state index in [9.17, 15) is 18.8 Å². The number of hydrogen-bond donors (Lipinski definition) is 0. The van der Waals surface area contributed by atoms with E-state index in [-0.39, 0.29) is 48.8 Å². The van der Waals surface area contributed by atoms with E-state index >= 15 is 0 Å². The highest BCUT2D eigenvalue weighted by Crippen LogP contribution is 2.42. The predicted molar refractivity (Wildman–Crippen MR) is 144 cm³/mol. The minimum Gasteiger partial charge on any atom is -0.441 e. The van der Waals surface area contributed by atoms with Gasteiger partial charge in [-0.1, -0.05) is 63.3 Å². The van der Waals surface area contributed by atoms with E-state index in [1.165, 1.54) is 19.3 Å². The summed E-state index contributed by atoms with van der Waals surface area (Å²) < 4.78 is 18.1. The van der Waals surface area contributed by atoms with Crippen LogP contribution in [0.5, 0.6) is 0 Å². The minimum atomic E-state index is -0.565. The van der Waals surface area contributed by atoms with E-state index < -0.39 is 6.09 Å². The van der Waals surface area contributed by atoms with Gasteiger partial charge in [0.15, 0.2) is 5.78 Å². The number of carbonyl (C=O) groups is 3. The average Bonchev–Trinajstić information content (AvgIpc) is 3.60. The number of cyclic esters (lactones) is 1. The zero-order valence-electron chi connectivity index (χ0n) is 22.6. The fraction of sp³-hybridized carbons (Fsp3) is 0.677. The number of rotatable bonds is 8. The Morgan fingerprint density at radius 3 is 2.37 bits per heavy atom. The van der Waals surface area contributed by atoms with Gasteiger partial charge in [0.25, 0.3) is 0 Å². The molecule has 0 aromatic heterocycles. The van der Waals surface area contributed by atoms with Crippen molar-refractivity contribution >= 4 is 23.5 Å². The molecule has 7 heteroatoms. The van der Waals surface area contributed by atoms with Gasteiger partial charge >= 0.3 is 6.09 Å². The van der Waals surface area contributed by atoms with Crippen LogP contribution in [-0.4, -0.2) is 54.3 Å².